The lowest BCUT2D eigenvalue weighted by Crippen LogP contribution is -2.50. The van der Waals surface area contributed by atoms with Crippen molar-refractivity contribution in [3.05, 3.63) is 23.8 Å². The third kappa shape index (κ3) is 4.64. The van der Waals surface area contributed by atoms with Crippen LogP contribution >= 0.6 is 12.6 Å². The normalized spacial score (nSPS) is 15.5. The molecule has 0 radical (unpaired) electrons. The van der Waals surface area contributed by atoms with Crippen LogP contribution in [-0.4, -0.2) is 49.1 Å². The number of aldehydes is 1. The van der Waals surface area contributed by atoms with Gasteiger partial charge in [-0.25, -0.2) is 4.79 Å². The SMILES string of the molecule is CC(C)(C)OC(=O)N1CCN(c2cccc(S)c2CC=O)CC1. The minimum absolute atomic E-state index is 0.270. The van der Waals surface area contributed by atoms with Crippen LogP contribution in [-0.2, 0) is 16.0 Å². The highest BCUT2D eigenvalue weighted by Crippen LogP contribution is 2.27. The molecule has 6 heteroatoms. The van der Waals surface area contributed by atoms with Crippen LogP contribution in [0, 0.1) is 0 Å². The summed E-state index contributed by atoms with van der Waals surface area (Å²) in [6.45, 7) is 8.23. The summed E-state index contributed by atoms with van der Waals surface area (Å²) in [5.74, 6) is 0. The maximum Gasteiger partial charge on any atom is 0.410 e. The predicted octanol–water partition coefficient (Wildman–Crippen LogP) is 2.77. The first-order chi connectivity index (χ1) is 10.8. The molecule has 0 atom stereocenters. The minimum Gasteiger partial charge on any atom is -0.444 e. The molecular weight excluding hydrogens is 312 g/mol. The second-order valence-corrected chi connectivity index (χ2v) is 7.08. The molecule has 1 saturated heterocycles. The van der Waals surface area contributed by atoms with Crippen molar-refractivity contribution >= 4 is 30.7 Å². The summed E-state index contributed by atoms with van der Waals surface area (Å²) in [6, 6.07) is 5.83. The van der Waals surface area contributed by atoms with Gasteiger partial charge in [0.05, 0.1) is 0 Å². The molecule has 1 aliphatic heterocycles. The van der Waals surface area contributed by atoms with Crippen molar-refractivity contribution in [2.45, 2.75) is 37.7 Å². The molecule has 126 valence electrons. The zero-order valence-electron chi connectivity index (χ0n) is 13.9. The highest BCUT2D eigenvalue weighted by Gasteiger charge is 2.26. The van der Waals surface area contributed by atoms with Gasteiger partial charge < -0.3 is 19.3 Å². The molecule has 1 amide bonds. The molecule has 2 rings (SSSR count). The van der Waals surface area contributed by atoms with Gasteiger partial charge in [-0.05, 0) is 38.5 Å². The molecular formula is C17H24N2O3S. The second-order valence-electron chi connectivity index (χ2n) is 6.60. The van der Waals surface area contributed by atoms with Crippen molar-refractivity contribution in [2.75, 3.05) is 31.1 Å². The molecule has 0 bridgehead atoms. The first kappa shape index (κ1) is 17.7. The Morgan fingerprint density at radius 2 is 1.91 bits per heavy atom. The lowest BCUT2D eigenvalue weighted by Gasteiger charge is -2.37. The maximum absolute atomic E-state index is 12.1. The zero-order valence-corrected chi connectivity index (χ0v) is 14.8. The van der Waals surface area contributed by atoms with Crippen molar-refractivity contribution in [1.29, 1.82) is 0 Å². The Hall–Kier alpha value is -1.69. The van der Waals surface area contributed by atoms with Crippen molar-refractivity contribution in [1.82, 2.24) is 4.90 Å². The molecule has 0 aromatic heterocycles. The average molecular weight is 336 g/mol. The summed E-state index contributed by atoms with van der Waals surface area (Å²) in [5, 5.41) is 0. The van der Waals surface area contributed by atoms with Gasteiger partial charge in [0.2, 0.25) is 0 Å². The van der Waals surface area contributed by atoms with Crippen molar-refractivity contribution < 1.29 is 14.3 Å². The van der Waals surface area contributed by atoms with E-state index in [1.54, 1.807) is 4.90 Å². The van der Waals surface area contributed by atoms with Gasteiger partial charge in [0.25, 0.3) is 0 Å². The highest BCUT2D eigenvalue weighted by atomic mass is 32.1. The van der Waals surface area contributed by atoms with Crippen LogP contribution in [0.1, 0.15) is 26.3 Å². The van der Waals surface area contributed by atoms with Gasteiger partial charge >= 0.3 is 6.09 Å². The van der Waals surface area contributed by atoms with Gasteiger partial charge in [-0.1, -0.05) is 6.07 Å². The number of ether oxygens (including phenoxy) is 1. The van der Waals surface area contributed by atoms with E-state index < -0.39 is 5.60 Å². The number of nitrogens with zero attached hydrogens (tertiary/aromatic N) is 2. The Bertz CT molecular complexity index is 576. The molecule has 5 nitrogen and oxygen atoms in total. The number of thiol groups is 1. The van der Waals surface area contributed by atoms with Crippen LogP contribution in [0.2, 0.25) is 0 Å². The van der Waals surface area contributed by atoms with E-state index in [1.807, 2.05) is 39.0 Å². The monoisotopic (exact) mass is 336 g/mol. The smallest absolute Gasteiger partial charge is 0.410 e. The number of amides is 1. The molecule has 1 aliphatic rings. The highest BCUT2D eigenvalue weighted by molar-refractivity contribution is 7.80. The first-order valence-electron chi connectivity index (χ1n) is 7.79. The molecule has 0 aliphatic carbocycles. The number of rotatable bonds is 3. The average Bonchev–Trinajstić information content (AvgIpc) is 2.48. The Kier molecular flexibility index (Phi) is 5.57. The number of anilines is 1. The molecule has 1 aromatic rings. The Labute approximate surface area is 143 Å². The van der Waals surface area contributed by atoms with Gasteiger partial charge in [0.15, 0.2) is 0 Å². The number of hydrogen-bond donors (Lipinski definition) is 1. The van der Waals surface area contributed by atoms with E-state index in [0.29, 0.717) is 32.6 Å². The lowest BCUT2D eigenvalue weighted by molar-refractivity contribution is -0.107. The molecule has 23 heavy (non-hydrogen) atoms. The van der Waals surface area contributed by atoms with E-state index in [4.69, 9.17) is 4.74 Å². The van der Waals surface area contributed by atoms with Crippen molar-refractivity contribution in [2.24, 2.45) is 0 Å². The van der Waals surface area contributed by atoms with Crippen LogP contribution < -0.4 is 4.90 Å². The molecule has 0 spiro atoms. The maximum atomic E-state index is 12.1. The van der Waals surface area contributed by atoms with Crippen LogP contribution in [0.3, 0.4) is 0 Å². The summed E-state index contributed by atoms with van der Waals surface area (Å²) < 4.78 is 5.41. The number of carbonyl (C=O) groups is 2. The largest absolute Gasteiger partial charge is 0.444 e. The predicted molar refractivity (Wildman–Crippen MR) is 93.5 cm³/mol. The fourth-order valence-electron chi connectivity index (χ4n) is 2.61. The zero-order chi connectivity index (χ0) is 17.0. The number of carbonyl (C=O) groups excluding carboxylic acids is 2. The van der Waals surface area contributed by atoms with Crippen LogP contribution in [0.15, 0.2) is 23.1 Å². The number of benzene rings is 1. The fraction of sp³-hybridized carbons (Fsp3) is 0.529. The van der Waals surface area contributed by atoms with Gasteiger partial charge in [0.1, 0.15) is 11.9 Å². The topological polar surface area (TPSA) is 49.9 Å². The van der Waals surface area contributed by atoms with E-state index in [-0.39, 0.29) is 6.09 Å². The van der Waals surface area contributed by atoms with E-state index in [1.165, 1.54) is 0 Å². The van der Waals surface area contributed by atoms with E-state index in [9.17, 15) is 9.59 Å². The third-order valence-corrected chi connectivity index (χ3v) is 4.11. The van der Waals surface area contributed by atoms with Crippen molar-refractivity contribution in [3.63, 3.8) is 0 Å². The van der Waals surface area contributed by atoms with Gasteiger partial charge in [-0.2, -0.15) is 0 Å². The van der Waals surface area contributed by atoms with Crippen LogP contribution in [0.5, 0.6) is 0 Å². The van der Waals surface area contributed by atoms with E-state index in [2.05, 4.69) is 17.5 Å². The summed E-state index contributed by atoms with van der Waals surface area (Å²) >= 11 is 4.45. The quantitative estimate of drug-likeness (QED) is 0.681. The third-order valence-electron chi connectivity index (χ3n) is 3.69. The molecule has 1 fully saturated rings. The Balaban J connectivity index is 2.04. The molecule has 0 N–H and O–H groups in total. The first-order valence-corrected chi connectivity index (χ1v) is 8.24. The minimum atomic E-state index is -0.480. The van der Waals surface area contributed by atoms with Gasteiger partial charge in [-0.3, -0.25) is 0 Å². The van der Waals surface area contributed by atoms with Gasteiger partial charge in [0, 0.05) is 43.2 Å². The summed E-state index contributed by atoms with van der Waals surface area (Å²) in [5.41, 5.74) is 1.48. The summed E-state index contributed by atoms with van der Waals surface area (Å²) in [4.78, 5) is 27.8. The number of hydrogen-bond acceptors (Lipinski definition) is 5. The summed E-state index contributed by atoms with van der Waals surface area (Å²) in [7, 11) is 0. The second kappa shape index (κ2) is 7.25. The van der Waals surface area contributed by atoms with E-state index in [0.717, 1.165) is 22.4 Å². The lowest BCUT2D eigenvalue weighted by atomic mass is 10.1. The van der Waals surface area contributed by atoms with Gasteiger partial charge in [-0.15, -0.1) is 12.6 Å². The standard InChI is InChI=1S/C17H24N2O3S/c1-17(2,3)22-16(21)19-10-8-18(9-11-19)14-5-4-6-15(23)13(14)7-12-20/h4-6,12,23H,7-11H2,1-3H3. The van der Waals surface area contributed by atoms with E-state index >= 15 is 0 Å². The molecule has 1 aromatic carbocycles. The number of piperazine rings is 1. The van der Waals surface area contributed by atoms with Crippen LogP contribution in [0.25, 0.3) is 0 Å². The fourth-order valence-corrected chi connectivity index (χ4v) is 2.90. The molecule has 1 heterocycles. The van der Waals surface area contributed by atoms with Crippen molar-refractivity contribution in [3.8, 4) is 0 Å². The Morgan fingerprint density at radius 1 is 1.26 bits per heavy atom. The van der Waals surface area contributed by atoms with Crippen LogP contribution in [0.4, 0.5) is 10.5 Å². The summed E-state index contributed by atoms with van der Waals surface area (Å²) in [6.07, 6.45) is 0.977. The molecule has 0 saturated carbocycles. The Morgan fingerprint density at radius 3 is 2.48 bits per heavy atom. The molecule has 0 unspecified atom stereocenters.